The lowest BCUT2D eigenvalue weighted by atomic mass is 10.1. The molecule has 1 saturated heterocycles. The Morgan fingerprint density at radius 2 is 1.78 bits per heavy atom. The zero-order valence-electron chi connectivity index (χ0n) is 14.5. The Morgan fingerprint density at radius 3 is 2.37 bits per heavy atom. The number of hydrogen-bond acceptors (Lipinski definition) is 6. The van der Waals surface area contributed by atoms with Crippen molar-refractivity contribution in [1.82, 2.24) is 0 Å². The molecule has 0 saturated carbocycles. The number of primary sulfonamides is 1. The van der Waals surface area contributed by atoms with E-state index >= 15 is 0 Å². The average molecular weight is 414 g/mol. The average Bonchev–Trinajstić information content (AvgIpc) is 2.60. The number of nitrogens with two attached hydrogens (primary N) is 1. The molecule has 0 radical (unpaired) electrons. The van der Waals surface area contributed by atoms with Gasteiger partial charge in [-0.05, 0) is 35.9 Å². The van der Waals surface area contributed by atoms with Crippen molar-refractivity contribution in [2.24, 2.45) is 5.14 Å². The largest absolute Gasteiger partial charge is 0.370 e. The van der Waals surface area contributed by atoms with Crippen LogP contribution in [0, 0.1) is 5.82 Å². The Morgan fingerprint density at radius 1 is 1.11 bits per heavy atom. The maximum Gasteiger partial charge on any atom is 0.238 e. The highest BCUT2D eigenvalue weighted by atomic mass is 32.2. The number of rotatable bonds is 4. The molecule has 0 bridgehead atoms. The highest BCUT2D eigenvalue weighted by molar-refractivity contribution is 7.91. The van der Waals surface area contributed by atoms with Crippen LogP contribution >= 0.6 is 0 Å². The number of nitrogens with zero attached hydrogens (tertiary/aromatic N) is 1. The van der Waals surface area contributed by atoms with Gasteiger partial charge >= 0.3 is 0 Å². The Labute approximate surface area is 157 Å². The normalized spacial score (nSPS) is 18.5. The van der Waals surface area contributed by atoms with Crippen LogP contribution < -0.4 is 10.0 Å². The van der Waals surface area contributed by atoms with Gasteiger partial charge in [-0.15, -0.1) is 0 Å². The molecule has 1 unspecified atom stereocenters. The van der Waals surface area contributed by atoms with Crippen LogP contribution in [-0.2, 0) is 24.6 Å². The molecular formula is C17H19FN2O5S2. The summed E-state index contributed by atoms with van der Waals surface area (Å²) >= 11 is 0. The summed E-state index contributed by atoms with van der Waals surface area (Å²) in [5.74, 6) is -0.357. The highest BCUT2D eigenvalue weighted by Crippen LogP contribution is 2.32. The van der Waals surface area contributed by atoms with E-state index in [1.54, 1.807) is 17.0 Å². The first-order valence-electron chi connectivity index (χ1n) is 8.04. The molecule has 2 aromatic rings. The van der Waals surface area contributed by atoms with Gasteiger partial charge in [0.05, 0.1) is 22.1 Å². The molecule has 0 aromatic heterocycles. The maximum absolute atomic E-state index is 13.1. The van der Waals surface area contributed by atoms with Gasteiger partial charge in [-0.2, -0.15) is 0 Å². The summed E-state index contributed by atoms with van der Waals surface area (Å²) in [4.78, 5) is 1.42. The molecule has 1 heterocycles. The zero-order chi connectivity index (χ0) is 19.8. The molecule has 1 aliphatic heterocycles. The van der Waals surface area contributed by atoms with Gasteiger partial charge < -0.3 is 9.64 Å². The molecule has 27 heavy (non-hydrogen) atoms. The topological polar surface area (TPSA) is 107 Å². The number of morpholine rings is 1. The molecule has 3 rings (SSSR count). The fraction of sp³-hybridized carbons (Fsp3) is 0.294. The van der Waals surface area contributed by atoms with Crippen molar-refractivity contribution in [3.8, 4) is 0 Å². The fourth-order valence-electron chi connectivity index (χ4n) is 2.98. The summed E-state index contributed by atoms with van der Waals surface area (Å²) in [7, 11) is -7.74. The lowest BCUT2D eigenvalue weighted by Crippen LogP contribution is -2.39. The van der Waals surface area contributed by atoms with Gasteiger partial charge in [0.1, 0.15) is 11.9 Å². The molecule has 0 amide bonds. The van der Waals surface area contributed by atoms with Gasteiger partial charge in [-0.25, -0.2) is 26.4 Å². The highest BCUT2D eigenvalue weighted by Gasteiger charge is 2.27. The number of benzene rings is 2. The predicted octanol–water partition coefficient (Wildman–Crippen LogP) is 1.45. The molecule has 1 fully saturated rings. The third-order valence-corrected chi connectivity index (χ3v) is 6.35. The lowest BCUT2D eigenvalue weighted by Gasteiger charge is -2.35. The molecule has 2 N–H and O–H groups in total. The quantitative estimate of drug-likeness (QED) is 0.812. The molecule has 2 aromatic carbocycles. The van der Waals surface area contributed by atoms with E-state index in [1.807, 2.05) is 0 Å². The van der Waals surface area contributed by atoms with E-state index in [1.165, 1.54) is 24.3 Å². The number of ether oxygens (including phenoxy) is 1. The van der Waals surface area contributed by atoms with E-state index in [2.05, 4.69) is 0 Å². The van der Waals surface area contributed by atoms with Gasteiger partial charge in [0.15, 0.2) is 9.84 Å². The maximum atomic E-state index is 13.1. The summed E-state index contributed by atoms with van der Waals surface area (Å²) in [5.41, 5.74) is 1.14. The molecule has 0 spiro atoms. The minimum absolute atomic E-state index is 0.117. The second kappa shape index (κ2) is 7.19. The third-order valence-electron chi connectivity index (χ3n) is 4.31. The number of anilines is 1. The lowest BCUT2D eigenvalue weighted by molar-refractivity contribution is 0.0396. The summed E-state index contributed by atoms with van der Waals surface area (Å²) in [5, 5.41) is 5.12. The number of sulfone groups is 1. The first-order valence-corrected chi connectivity index (χ1v) is 11.5. The van der Waals surface area contributed by atoms with Crippen LogP contribution in [0.3, 0.4) is 0 Å². The van der Waals surface area contributed by atoms with Gasteiger partial charge in [0, 0.05) is 19.3 Å². The van der Waals surface area contributed by atoms with Crippen LogP contribution in [0.25, 0.3) is 0 Å². The third kappa shape index (κ3) is 4.46. The predicted molar refractivity (Wildman–Crippen MR) is 98.2 cm³/mol. The molecular weight excluding hydrogens is 395 g/mol. The first kappa shape index (κ1) is 19.7. The smallest absolute Gasteiger partial charge is 0.238 e. The number of halogens is 1. The van der Waals surface area contributed by atoms with E-state index in [0.717, 1.165) is 17.9 Å². The molecule has 7 nitrogen and oxygen atoms in total. The summed E-state index contributed by atoms with van der Waals surface area (Å²) < 4.78 is 66.5. The minimum atomic E-state index is -4.03. The zero-order valence-corrected chi connectivity index (χ0v) is 16.1. The van der Waals surface area contributed by atoms with Crippen molar-refractivity contribution in [1.29, 1.82) is 0 Å². The van der Waals surface area contributed by atoms with E-state index in [-0.39, 0.29) is 21.7 Å². The summed E-state index contributed by atoms with van der Waals surface area (Å²) in [6.45, 7) is 1.10. The van der Waals surface area contributed by atoms with Crippen LogP contribution in [0.4, 0.5) is 10.1 Å². The molecule has 0 aliphatic carbocycles. The Balaban J connectivity index is 1.98. The Kier molecular flexibility index (Phi) is 5.26. The molecule has 146 valence electrons. The summed E-state index contributed by atoms with van der Waals surface area (Å²) in [6, 6.07) is 9.68. The van der Waals surface area contributed by atoms with E-state index in [0.29, 0.717) is 25.4 Å². The van der Waals surface area contributed by atoms with E-state index < -0.39 is 19.9 Å². The molecule has 1 aliphatic rings. The monoisotopic (exact) mass is 414 g/mol. The van der Waals surface area contributed by atoms with Gasteiger partial charge in [0.25, 0.3) is 0 Å². The van der Waals surface area contributed by atoms with Crippen molar-refractivity contribution >= 4 is 25.5 Å². The molecule has 10 heteroatoms. The van der Waals surface area contributed by atoms with Crippen molar-refractivity contribution < 1.29 is 26.0 Å². The van der Waals surface area contributed by atoms with E-state index in [4.69, 9.17) is 9.88 Å². The standard InChI is InChI=1S/C17H19FN2O5S2/c1-26(21,22)17-10-14(27(19,23)24)6-7-15(17)20-8-9-25-16(11-20)12-2-4-13(18)5-3-12/h2-7,10,16H,8-9,11H2,1H3,(H2,19,23,24). The van der Waals surface area contributed by atoms with Crippen LogP contribution in [0.5, 0.6) is 0 Å². The first-order chi connectivity index (χ1) is 12.6. The SMILES string of the molecule is CS(=O)(=O)c1cc(S(N)(=O)=O)ccc1N1CCOC(c2ccc(F)cc2)C1. The van der Waals surface area contributed by atoms with Gasteiger partial charge in [0.2, 0.25) is 10.0 Å². The van der Waals surface area contributed by atoms with Crippen LogP contribution in [0.2, 0.25) is 0 Å². The van der Waals surface area contributed by atoms with Crippen LogP contribution in [-0.4, -0.2) is 42.8 Å². The molecule has 1 atom stereocenters. The summed E-state index contributed by atoms with van der Waals surface area (Å²) in [6.07, 6.45) is 0.640. The van der Waals surface area contributed by atoms with E-state index in [9.17, 15) is 21.2 Å². The second-order valence-corrected chi connectivity index (χ2v) is 9.85. The van der Waals surface area contributed by atoms with Crippen molar-refractivity contribution in [2.75, 3.05) is 30.9 Å². The van der Waals surface area contributed by atoms with Crippen molar-refractivity contribution in [2.45, 2.75) is 15.9 Å². The number of hydrogen-bond donors (Lipinski definition) is 1. The van der Waals surface area contributed by atoms with Gasteiger partial charge in [-0.1, -0.05) is 12.1 Å². The van der Waals surface area contributed by atoms with Crippen molar-refractivity contribution in [3.63, 3.8) is 0 Å². The number of sulfonamides is 1. The minimum Gasteiger partial charge on any atom is -0.370 e. The van der Waals surface area contributed by atoms with Gasteiger partial charge in [-0.3, -0.25) is 0 Å². The Bertz CT molecular complexity index is 1050. The fourth-order valence-corrected chi connectivity index (χ4v) is 4.51. The van der Waals surface area contributed by atoms with Crippen molar-refractivity contribution in [3.05, 3.63) is 53.8 Å². The van der Waals surface area contributed by atoms with Crippen LogP contribution in [0.1, 0.15) is 11.7 Å². The second-order valence-electron chi connectivity index (χ2n) is 6.30. The Hall–Kier alpha value is -2.01. The van der Waals surface area contributed by atoms with Crippen LogP contribution in [0.15, 0.2) is 52.3 Å².